The van der Waals surface area contributed by atoms with E-state index in [1.165, 1.54) is 6.33 Å². The SMILES string of the molecule is CCNC(=NCc1cccc(-c2ncn[nH]2)c1)NCCCOC. The molecular formula is C16H24N6O. The Bertz CT molecular complexity index is 596. The van der Waals surface area contributed by atoms with Crippen LogP contribution in [-0.4, -0.2) is 47.9 Å². The van der Waals surface area contributed by atoms with E-state index in [1.807, 2.05) is 12.1 Å². The maximum Gasteiger partial charge on any atom is 0.191 e. The first-order valence-corrected chi connectivity index (χ1v) is 7.79. The second-order valence-electron chi connectivity index (χ2n) is 5.00. The molecule has 3 N–H and O–H groups in total. The van der Waals surface area contributed by atoms with Gasteiger partial charge in [0.1, 0.15) is 6.33 Å². The first kappa shape index (κ1) is 17.0. The van der Waals surface area contributed by atoms with Gasteiger partial charge in [-0.15, -0.1) is 0 Å². The number of hydrogen-bond acceptors (Lipinski definition) is 4. The number of H-pyrrole nitrogens is 1. The van der Waals surface area contributed by atoms with Crippen molar-refractivity contribution in [2.75, 3.05) is 26.8 Å². The molecule has 0 saturated heterocycles. The van der Waals surface area contributed by atoms with Crippen LogP contribution in [0.15, 0.2) is 35.6 Å². The molecule has 2 aromatic rings. The van der Waals surface area contributed by atoms with Gasteiger partial charge in [0, 0.05) is 32.4 Å². The van der Waals surface area contributed by atoms with Gasteiger partial charge < -0.3 is 15.4 Å². The van der Waals surface area contributed by atoms with Crippen LogP contribution in [0.4, 0.5) is 0 Å². The largest absolute Gasteiger partial charge is 0.385 e. The molecule has 1 heterocycles. The quantitative estimate of drug-likeness (QED) is 0.391. The molecule has 0 aliphatic rings. The second-order valence-corrected chi connectivity index (χ2v) is 5.00. The Labute approximate surface area is 136 Å². The van der Waals surface area contributed by atoms with Gasteiger partial charge in [-0.05, 0) is 25.0 Å². The van der Waals surface area contributed by atoms with Crippen LogP contribution in [0, 0.1) is 0 Å². The number of aliphatic imine (C=N–C) groups is 1. The molecule has 0 radical (unpaired) electrons. The van der Waals surface area contributed by atoms with E-state index in [1.54, 1.807) is 7.11 Å². The molecular weight excluding hydrogens is 292 g/mol. The summed E-state index contributed by atoms with van der Waals surface area (Å²) in [5, 5.41) is 13.3. The Morgan fingerprint density at radius 1 is 1.35 bits per heavy atom. The minimum atomic E-state index is 0.599. The summed E-state index contributed by atoms with van der Waals surface area (Å²) in [5.74, 6) is 1.58. The summed E-state index contributed by atoms with van der Waals surface area (Å²) in [6.45, 7) is 5.05. The number of aromatic nitrogens is 3. The minimum absolute atomic E-state index is 0.599. The molecule has 0 fully saturated rings. The van der Waals surface area contributed by atoms with Crippen LogP contribution in [0.5, 0.6) is 0 Å². The van der Waals surface area contributed by atoms with E-state index >= 15 is 0 Å². The van der Waals surface area contributed by atoms with E-state index in [2.05, 4.69) is 49.9 Å². The standard InChI is InChI=1S/C16H24N6O/c1-3-17-16(18-8-5-9-23-2)19-11-13-6-4-7-14(10-13)15-20-12-21-22-15/h4,6-7,10,12H,3,5,8-9,11H2,1-2H3,(H2,17,18,19)(H,20,21,22). The van der Waals surface area contributed by atoms with Crippen molar-refractivity contribution < 1.29 is 4.74 Å². The van der Waals surface area contributed by atoms with Gasteiger partial charge in [0.25, 0.3) is 0 Å². The fraction of sp³-hybridized carbons (Fsp3) is 0.438. The highest BCUT2D eigenvalue weighted by atomic mass is 16.5. The third kappa shape index (κ3) is 5.71. The number of nitrogens with one attached hydrogen (secondary N) is 3. The number of benzene rings is 1. The Balaban J connectivity index is 1.96. The van der Waals surface area contributed by atoms with Gasteiger partial charge in [-0.1, -0.05) is 18.2 Å². The van der Waals surface area contributed by atoms with Crippen LogP contribution in [0.3, 0.4) is 0 Å². The molecule has 1 aromatic heterocycles. The average molecular weight is 316 g/mol. The smallest absolute Gasteiger partial charge is 0.191 e. The van der Waals surface area contributed by atoms with Gasteiger partial charge >= 0.3 is 0 Å². The maximum absolute atomic E-state index is 5.05. The molecule has 7 heteroatoms. The van der Waals surface area contributed by atoms with Crippen LogP contribution in [0.25, 0.3) is 11.4 Å². The number of aromatic amines is 1. The predicted octanol–water partition coefficient (Wildman–Crippen LogP) is 1.56. The third-order valence-electron chi connectivity index (χ3n) is 3.20. The summed E-state index contributed by atoms with van der Waals surface area (Å²) in [6.07, 6.45) is 2.45. The van der Waals surface area contributed by atoms with Gasteiger partial charge in [-0.2, -0.15) is 5.10 Å². The van der Waals surface area contributed by atoms with E-state index in [9.17, 15) is 0 Å². The molecule has 0 saturated carbocycles. The molecule has 0 aliphatic carbocycles. The predicted molar refractivity (Wildman–Crippen MR) is 91.1 cm³/mol. The lowest BCUT2D eigenvalue weighted by atomic mass is 10.1. The van der Waals surface area contributed by atoms with Crippen molar-refractivity contribution in [2.45, 2.75) is 19.9 Å². The molecule has 124 valence electrons. The van der Waals surface area contributed by atoms with E-state index in [-0.39, 0.29) is 0 Å². The fourth-order valence-electron chi connectivity index (χ4n) is 2.10. The first-order valence-electron chi connectivity index (χ1n) is 7.79. The summed E-state index contributed by atoms with van der Waals surface area (Å²) in [6, 6.07) is 8.12. The van der Waals surface area contributed by atoms with E-state index < -0.39 is 0 Å². The number of rotatable bonds is 8. The second kappa shape index (κ2) is 9.58. The molecule has 7 nitrogen and oxygen atoms in total. The molecule has 23 heavy (non-hydrogen) atoms. The normalized spacial score (nSPS) is 11.5. The fourth-order valence-corrected chi connectivity index (χ4v) is 2.10. The van der Waals surface area contributed by atoms with Crippen LogP contribution < -0.4 is 10.6 Å². The van der Waals surface area contributed by atoms with Crippen LogP contribution in [0.1, 0.15) is 18.9 Å². The molecule has 0 amide bonds. The van der Waals surface area contributed by atoms with Crippen LogP contribution >= 0.6 is 0 Å². The number of methoxy groups -OCH3 is 1. The van der Waals surface area contributed by atoms with Crippen molar-refractivity contribution in [3.8, 4) is 11.4 Å². The van der Waals surface area contributed by atoms with Gasteiger partial charge in [-0.3, -0.25) is 5.10 Å². The number of nitrogens with zero attached hydrogens (tertiary/aromatic N) is 3. The molecule has 0 spiro atoms. The van der Waals surface area contributed by atoms with E-state index in [0.717, 1.165) is 49.0 Å². The molecule has 2 rings (SSSR count). The third-order valence-corrected chi connectivity index (χ3v) is 3.20. The molecule has 0 unspecified atom stereocenters. The number of guanidine groups is 1. The summed E-state index contributed by atoms with van der Waals surface area (Å²) < 4.78 is 5.05. The topological polar surface area (TPSA) is 87.2 Å². The minimum Gasteiger partial charge on any atom is -0.385 e. The van der Waals surface area contributed by atoms with Crippen molar-refractivity contribution in [1.29, 1.82) is 0 Å². The molecule has 0 aliphatic heterocycles. The highest BCUT2D eigenvalue weighted by Gasteiger charge is 2.02. The lowest BCUT2D eigenvalue weighted by Crippen LogP contribution is -2.38. The number of hydrogen-bond donors (Lipinski definition) is 3. The first-order chi connectivity index (χ1) is 11.3. The van der Waals surface area contributed by atoms with Crippen LogP contribution in [0.2, 0.25) is 0 Å². The maximum atomic E-state index is 5.05. The zero-order valence-electron chi connectivity index (χ0n) is 13.7. The summed E-state index contributed by atoms with van der Waals surface area (Å²) in [5.41, 5.74) is 2.13. The van der Waals surface area contributed by atoms with Crippen molar-refractivity contribution in [3.05, 3.63) is 36.2 Å². The van der Waals surface area contributed by atoms with E-state index in [4.69, 9.17) is 4.74 Å². The molecule has 0 atom stereocenters. The highest BCUT2D eigenvalue weighted by Crippen LogP contribution is 2.15. The van der Waals surface area contributed by atoms with Crippen molar-refractivity contribution in [1.82, 2.24) is 25.8 Å². The number of ether oxygens (including phenoxy) is 1. The zero-order chi connectivity index (χ0) is 16.3. The summed E-state index contributed by atoms with van der Waals surface area (Å²) in [7, 11) is 1.71. The van der Waals surface area contributed by atoms with E-state index in [0.29, 0.717) is 6.54 Å². The van der Waals surface area contributed by atoms with Crippen molar-refractivity contribution in [3.63, 3.8) is 0 Å². The van der Waals surface area contributed by atoms with Gasteiger partial charge in [-0.25, -0.2) is 9.98 Å². The lowest BCUT2D eigenvalue weighted by Gasteiger charge is -2.11. The molecule has 1 aromatic carbocycles. The van der Waals surface area contributed by atoms with Crippen molar-refractivity contribution >= 4 is 5.96 Å². The van der Waals surface area contributed by atoms with Crippen LogP contribution in [-0.2, 0) is 11.3 Å². The Kier molecular flexibility index (Phi) is 7.06. The van der Waals surface area contributed by atoms with Gasteiger partial charge in [0.2, 0.25) is 0 Å². The Hall–Kier alpha value is -2.41. The Morgan fingerprint density at radius 3 is 3.00 bits per heavy atom. The monoisotopic (exact) mass is 316 g/mol. The summed E-state index contributed by atoms with van der Waals surface area (Å²) in [4.78, 5) is 8.78. The summed E-state index contributed by atoms with van der Waals surface area (Å²) >= 11 is 0. The lowest BCUT2D eigenvalue weighted by molar-refractivity contribution is 0.195. The van der Waals surface area contributed by atoms with Gasteiger partial charge in [0.15, 0.2) is 11.8 Å². The zero-order valence-corrected chi connectivity index (χ0v) is 13.7. The van der Waals surface area contributed by atoms with Crippen molar-refractivity contribution in [2.24, 2.45) is 4.99 Å². The average Bonchev–Trinajstić information content (AvgIpc) is 3.11. The van der Waals surface area contributed by atoms with Gasteiger partial charge in [0.05, 0.1) is 6.54 Å². The Morgan fingerprint density at radius 2 is 2.26 bits per heavy atom. The molecule has 0 bridgehead atoms. The highest BCUT2D eigenvalue weighted by molar-refractivity contribution is 5.79.